The van der Waals surface area contributed by atoms with Crippen molar-refractivity contribution < 1.29 is 9.64 Å². The summed E-state index contributed by atoms with van der Waals surface area (Å²) in [5, 5.41) is 0. The molecular weight excluding hydrogens is 186 g/mol. The van der Waals surface area contributed by atoms with Crippen molar-refractivity contribution in [2.75, 3.05) is 20.7 Å². The first-order valence-electron chi connectivity index (χ1n) is 5.70. The highest BCUT2D eigenvalue weighted by atomic mass is 16.5. The SMILES string of the molecule is CCCC[NH+](C)Cc1ccc(OC)cc1. The highest BCUT2D eigenvalue weighted by Crippen LogP contribution is 2.10. The first-order valence-corrected chi connectivity index (χ1v) is 5.70. The van der Waals surface area contributed by atoms with E-state index in [1.807, 2.05) is 12.1 Å². The molecule has 0 amide bonds. The van der Waals surface area contributed by atoms with E-state index in [4.69, 9.17) is 4.74 Å². The van der Waals surface area contributed by atoms with Crippen LogP contribution in [0.3, 0.4) is 0 Å². The average molecular weight is 208 g/mol. The second-order valence-corrected chi connectivity index (χ2v) is 4.09. The van der Waals surface area contributed by atoms with Crippen molar-refractivity contribution in [2.24, 2.45) is 0 Å². The molecule has 0 fully saturated rings. The summed E-state index contributed by atoms with van der Waals surface area (Å²) >= 11 is 0. The van der Waals surface area contributed by atoms with Crippen LogP contribution in [-0.2, 0) is 6.54 Å². The molecule has 0 aliphatic rings. The fraction of sp³-hybridized carbons (Fsp3) is 0.538. The Hall–Kier alpha value is -1.02. The molecule has 1 aromatic carbocycles. The topological polar surface area (TPSA) is 13.7 Å². The van der Waals surface area contributed by atoms with Gasteiger partial charge in [-0.25, -0.2) is 0 Å². The Morgan fingerprint density at radius 2 is 1.87 bits per heavy atom. The van der Waals surface area contributed by atoms with Crippen LogP contribution < -0.4 is 9.64 Å². The second-order valence-electron chi connectivity index (χ2n) is 4.09. The third-order valence-corrected chi connectivity index (χ3v) is 2.62. The van der Waals surface area contributed by atoms with Gasteiger partial charge in [0.1, 0.15) is 12.3 Å². The molecule has 1 rings (SSSR count). The maximum Gasteiger partial charge on any atom is 0.118 e. The van der Waals surface area contributed by atoms with E-state index in [1.165, 1.54) is 24.9 Å². The van der Waals surface area contributed by atoms with Gasteiger partial charge in [0.05, 0.1) is 20.7 Å². The number of rotatable bonds is 6. The Bertz CT molecular complexity index is 268. The molecule has 2 heteroatoms. The van der Waals surface area contributed by atoms with Crippen LogP contribution in [0.1, 0.15) is 25.3 Å². The lowest BCUT2D eigenvalue weighted by Crippen LogP contribution is -3.07. The van der Waals surface area contributed by atoms with Crippen LogP contribution in [0.4, 0.5) is 0 Å². The van der Waals surface area contributed by atoms with Gasteiger partial charge in [-0.2, -0.15) is 0 Å². The van der Waals surface area contributed by atoms with Crippen LogP contribution in [0.25, 0.3) is 0 Å². The highest BCUT2D eigenvalue weighted by molar-refractivity contribution is 5.26. The van der Waals surface area contributed by atoms with Gasteiger partial charge in [0.25, 0.3) is 0 Å². The summed E-state index contributed by atoms with van der Waals surface area (Å²) in [5.74, 6) is 0.935. The zero-order chi connectivity index (χ0) is 11.1. The van der Waals surface area contributed by atoms with Crippen molar-refractivity contribution in [3.63, 3.8) is 0 Å². The summed E-state index contributed by atoms with van der Waals surface area (Å²) in [6.07, 6.45) is 2.59. The zero-order valence-corrected chi connectivity index (χ0v) is 10.0. The first kappa shape index (κ1) is 12.1. The van der Waals surface area contributed by atoms with Crippen LogP contribution >= 0.6 is 0 Å². The van der Waals surface area contributed by atoms with Crippen molar-refractivity contribution in [1.29, 1.82) is 0 Å². The lowest BCUT2D eigenvalue weighted by molar-refractivity contribution is -0.894. The van der Waals surface area contributed by atoms with Crippen molar-refractivity contribution in [3.8, 4) is 5.75 Å². The van der Waals surface area contributed by atoms with Crippen molar-refractivity contribution in [1.82, 2.24) is 0 Å². The fourth-order valence-corrected chi connectivity index (χ4v) is 1.66. The molecule has 0 saturated carbocycles. The predicted octanol–water partition coefficient (Wildman–Crippen LogP) is 1.51. The van der Waals surface area contributed by atoms with Gasteiger partial charge in [-0.05, 0) is 30.7 Å². The molecule has 1 atom stereocenters. The molecule has 0 spiro atoms. The van der Waals surface area contributed by atoms with Crippen LogP contribution in [0, 0.1) is 0 Å². The van der Waals surface area contributed by atoms with Gasteiger partial charge in [0.2, 0.25) is 0 Å². The fourth-order valence-electron chi connectivity index (χ4n) is 1.66. The maximum absolute atomic E-state index is 5.13. The molecule has 2 nitrogen and oxygen atoms in total. The third-order valence-electron chi connectivity index (χ3n) is 2.62. The van der Waals surface area contributed by atoms with Crippen LogP contribution in [0.2, 0.25) is 0 Å². The molecule has 1 N–H and O–H groups in total. The average Bonchev–Trinajstić information content (AvgIpc) is 2.27. The summed E-state index contributed by atoms with van der Waals surface area (Å²) in [6.45, 7) is 4.59. The monoisotopic (exact) mass is 208 g/mol. The standard InChI is InChI=1S/C13H21NO/c1-4-5-10-14(2)11-12-6-8-13(15-3)9-7-12/h6-9H,4-5,10-11H2,1-3H3/p+1. The molecule has 1 aromatic rings. The smallest absolute Gasteiger partial charge is 0.118 e. The molecule has 84 valence electrons. The summed E-state index contributed by atoms with van der Waals surface area (Å²) in [7, 11) is 3.95. The van der Waals surface area contributed by atoms with Gasteiger partial charge in [0, 0.05) is 5.56 Å². The molecule has 0 radical (unpaired) electrons. The van der Waals surface area contributed by atoms with Crippen LogP contribution in [0.5, 0.6) is 5.75 Å². The minimum atomic E-state index is 0.935. The quantitative estimate of drug-likeness (QED) is 0.748. The Balaban J connectivity index is 2.42. The van der Waals surface area contributed by atoms with E-state index in [2.05, 4.69) is 26.1 Å². The van der Waals surface area contributed by atoms with E-state index in [-0.39, 0.29) is 0 Å². The number of nitrogens with one attached hydrogen (secondary N) is 1. The molecule has 0 aromatic heterocycles. The normalized spacial score (nSPS) is 12.5. The van der Waals surface area contributed by atoms with E-state index in [0.717, 1.165) is 12.3 Å². The van der Waals surface area contributed by atoms with Gasteiger partial charge < -0.3 is 9.64 Å². The number of ether oxygens (including phenoxy) is 1. The second kappa shape index (κ2) is 6.46. The number of quaternary nitrogens is 1. The van der Waals surface area contributed by atoms with Gasteiger partial charge in [-0.3, -0.25) is 0 Å². The Labute approximate surface area is 92.9 Å². The number of hydrogen-bond acceptors (Lipinski definition) is 1. The van der Waals surface area contributed by atoms with Gasteiger partial charge in [-0.1, -0.05) is 13.3 Å². The Morgan fingerprint density at radius 3 is 2.40 bits per heavy atom. The molecule has 0 heterocycles. The molecule has 0 aliphatic heterocycles. The Morgan fingerprint density at radius 1 is 1.20 bits per heavy atom. The summed E-state index contributed by atoms with van der Waals surface area (Å²) < 4.78 is 5.13. The van der Waals surface area contributed by atoms with E-state index < -0.39 is 0 Å². The van der Waals surface area contributed by atoms with E-state index >= 15 is 0 Å². The van der Waals surface area contributed by atoms with E-state index in [0.29, 0.717) is 0 Å². The zero-order valence-electron chi connectivity index (χ0n) is 10.0. The predicted molar refractivity (Wildman–Crippen MR) is 63.4 cm³/mol. The number of benzene rings is 1. The Kier molecular flexibility index (Phi) is 5.19. The first-order chi connectivity index (χ1) is 7.26. The van der Waals surface area contributed by atoms with Crippen molar-refractivity contribution in [2.45, 2.75) is 26.3 Å². The van der Waals surface area contributed by atoms with Crippen molar-refractivity contribution >= 4 is 0 Å². The minimum absolute atomic E-state index is 0.935. The summed E-state index contributed by atoms with van der Waals surface area (Å²) in [5.41, 5.74) is 1.38. The van der Waals surface area contributed by atoms with Crippen molar-refractivity contribution in [3.05, 3.63) is 29.8 Å². The van der Waals surface area contributed by atoms with Gasteiger partial charge >= 0.3 is 0 Å². The number of hydrogen-bond donors (Lipinski definition) is 1. The largest absolute Gasteiger partial charge is 0.497 e. The highest BCUT2D eigenvalue weighted by Gasteiger charge is 2.02. The summed E-state index contributed by atoms with van der Waals surface area (Å²) in [6, 6.07) is 8.35. The third kappa shape index (κ3) is 4.34. The van der Waals surface area contributed by atoms with Gasteiger partial charge in [-0.15, -0.1) is 0 Å². The van der Waals surface area contributed by atoms with Crippen LogP contribution in [-0.4, -0.2) is 20.7 Å². The summed E-state index contributed by atoms with van der Waals surface area (Å²) in [4.78, 5) is 1.57. The maximum atomic E-state index is 5.13. The molecule has 1 unspecified atom stereocenters. The van der Waals surface area contributed by atoms with E-state index in [9.17, 15) is 0 Å². The molecule has 0 saturated heterocycles. The number of methoxy groups -OCH3 is 1. The van der Waals surface area contributed by atoms with Gasteiger partial charge in [0.15, 0.2) is 0 Å². The van der Waals surface area contributed by atoms with E-state index in [1.54, 1.807) is 12.0 Å². The lowest BCUT2D eigenvalue weighted by atomic mass is 10.2. The molecule has 0 bridgehead atoms. The lowest BCUT2D eigenvalue weighted by Gasteiger charge is -2.13. The van der Waals surface area contributed by atoms with Crippen LogP contribution in [0.15, 0.2) is 24.3 Å². The molecular formula is C13H22NO+. The number of unbranched alkanes of at least 4 members (excludes halogenated alkanes) is 1. The molecule has 15 heavy (non-hydrogen) atoms. The molecule has 0 aliphatic carbocycles. The minimum Gasteiger partial charge on any atom is -0.497 e.